The van der Waals surface area contributed by atoms with Crippen LogP contribution in [0.5, 0.6) is 0 Å². The summed E-state index contributed by atoms with van der Waals surface area (Å²) in [6, 6.07) is 10.8. The number of rotatable bonds is 4. The molecule has 0 unspecified atom stereocenters. The molecule has 2 heterocycles. The first kappa shape index (κ1) is 15.1. The van der Waals surface area contributed by atoms with Crippen LogP contribution >= 0.6 is 0 Å². The average molecular weight is 313 g/mol. The molecule has 6 heteroatoms. The quantitative estimate of drug-likeness (QED) is 0.909. The van der Waals surface area contributed by atoms with Crippen molar-refractivity contribution in [3.05, 3.63) is 42.2 Å². The lowest BCUT2D eigenvalue weighted by molar-refractivity contribution is -0.114. The zero-order valence-corrected chi connectivity index (χ0v) is 13.0. The van der Waals surface area contributed by atoms with E-state index >= 15 is 0 Å². The van der Waals surface area contributed by atoms with Crippen LogP contribution in [0.15, 0.2) is 40.8 Å². The van der Waals surface area contributed by atoms with Crippen LogP contribution in [0.4, 0.5) is 17.3 Å². The largest absolute Gasteiger partial charge is 0.435 e. The topological polar surface area (TPSA) is 74.6 Å². The third-order valence-electron chi connectivity index (χ3n) is 3.73. The molecule has 120 valence electrons. The molecule has 0 aliphatic carbocycles. The number of hydrogen-bond donors (Lipinski definition) is 2. The van der Waals surface area contributed by atoms with Gasteiger partial charge >= 0.3 is 0 Å². The van der Waals surface area contributed by atoms with Crippen molar-refractivity contribution in [3.8, 4) is 0 Å². The van der Waals surface area contributed by atoms with Crippen LogP contribution in [0.2, 0.25) is 0 Å². The van der Waals surface area contributed by atoms with Crippen molar-refractivity contribution in [2.45, 2.75) is 19.8 Å². The van der Waals surface area contributed by atoms with Crippen molar-refractivity contribution in [1.29, 1.82) is 0 Å². The van der Waals surface area contributed by atoms with Crippen LogP contribution in [0.25, 0.3) is 0 Å². The van der Waals surface area contributed by atoms with Crippen molar-refractivity contribution in [2.24, 2.45) is 0 Å². The molecule has 0 atom stereocenters. The minimum Gasteiger partial charge on any atom is -0.435 e. The molecule has 1 aromatic carbocycles. The number of benzene rings is 1. The van der Waals surface area contributed by atoms with Gasteiger partial charge in [-0.15, -0.1) is 0 Å². The van der Waals surface area contributed by atoms with Gasteiger partial charge in [0.05, 0.1) is 0 Å². The summed E-state index contributed by atoms with van der Waals surface area (Å²) < 4.78 is 5.28. The van der Waals surface area contributed by atoms with Crippen molar-refractivity contribution in [1.82, 2.24) is 0 Å². The van der Waals surface area contributed by atoms with Gasteiger partial charge < -0.3 is 14.6 Å². The predicted octanol–water partition coefficient (Wildman–Crippen LogP) is 3.09. The molecule has 0 saturated carbocycles. The third-order valence-corrected chi connectivity index (χ3v) is 3.73. The average Bonchev–Trinajstić information content (AvgIpc) is 3.19. The fourth-order valence-corrected chi connectivity index (χ4v) is 2.62. The standard InChI is InChI=1S/C17H19N3O3/c1-12(21)18-16-9-8-15(23-16)17(22)19-13-4-6-14(7-5-13)20-10-2-3-11-20/h4-9H,2-3,10-11H2,1H3,(H,18,21)(H,19,22). The molecule has 1 fully saturated rings. The minimum atomic E-state index is -0.351. The molecule has 1 saturated heterocycles. The van der Waals surface area contributed by atoms with Gasteiger partial charge in [-0.3, -0.25) is 14.9 Å². The maximum absolute atomic E-state index is 12.1. The summed E-state index contributed by atoms with van der Waals surface area (Å²) in [5, 5.41) is 5.27. The van der Waals surface area contributed by atoms with Crippen molar-refractivity contribution in [3.63, 3.8) is 0 Å². The molecular weight excluding hydrogens is 294 g/mol. The predicted molar refractivity (Wildman–Crippen MR) is 88.9 cm³/mol. The van der Waals surface area contributed by atoms with Gasteiger partial charge in [-0.1, -0.05) is 0 Å². The third kappa shape index (κ3) is 3.71. The summed E-state index contributed by atoms with van der Waals surface area (Å²) >= 11 is 0. The summed E-state index contributed by atoms with van der Waals surface area (Å²) in [5.74, 6) is -0.191. The molecule has 2 aromatic rings. The Morgan fingerprint density at radius 2 is 1.70 bits per heavy atom. The number of anilines is 3. The molecule has 1 aliphatic heterocycles. The highest BCUT2D eigenvalue weighted by Crippen LogP contribution is 2.22. The van der Waals surface area contributed by atoms with E-state index in [1.165, 1.54) is 31.5 Å². The molecule has 3 rings (SSSR count). The summed E-state index contributed by atoms with van der Waals surface area (Å²) in [7, 11) is 0. The van der Waals surface area contributed by atoms with E-state index in [0.29, 0.717) is 5.69 Å². The number of amides is 2. The van der Waals surface area contributed by atoms with E-state index in [4.69, 9.17) is 4.42 Å². The van der Waals surface area contributed by atoms with Crippen LogP contribution in [-0.2, 0) is 4.79 Å². The van der Waals surface area contributed by atoms with Gasteiger partial charge in [-0.25, -0.2) is 0 Å². The Morgan fingerprint density at radius 3 is 2.35 bits per heavy atom. The van der Waals surface area contributed by atoms with Crippen molar-refractivity contribution in [2.75, 3.05) is 28.6 Å². The van der Waals surface area contributed by atoms with E-state index in [-0.39, 0.29) is 23.5 Å². The van der Waals surface area contributed by atoms with E-state index in [1.54, 1.807) is 6.07 Å². The van der Waals surface area contributed by atoms with Gasteiger partial charge in [0.2, 0.25) is 5.91 Å². The maximum Gasteiger partial charge on any atom is 0.291 e. The number of carbonyl (C=O) groups excluding carboxylic acids is 2. The smallest absolute Gasteiger partial charge is 0.291 e. The monoisotopic (exact) mass is 313 g/mol. The van der Waals surface area contributed by atoms with Crippen LogP contribution in [-0.4, -0.2) is 24.9 Å². The Kier molecular flexibility index (Phi) is 4.32. The van der Waals surface area contributed by atoms with Crippen molar-refractivity contribution < 1.29 is 14.0 Å². The second-order valence-corrected chi connectivity index (χ2v) is 5.54. The first-order valence-electron chi connectivity index (χ1n) is 7.65. The first-order valence-corrected chi connectivity index (χ1v) is 7.65. The lowest BCUT2D eigenvalue weighted by Gasteiger charge is -2.17. The fraction of sp³-hybridized carbons (Fsp3) is 0.294. The maximum atomic E-state index is 12.1. The van der Waals surface area contributed by atoms with E-state index in [2.05, 4.69) is 15.5 Å². The SMILES string of the molecule is CC(=O)Nc1ccc(C(=O)Nc2ccc(N3CCCC3)cc2)o1. The Labute approximate surface area is 134 Å². The van der Waals surface area contributed by atoms with E-state index in [0.717, 1.165) is 13.1 Å². The Hall–Kier alpha value is -2.76. The molecule has 0 bridgehead atoms. The molecule has 0 radical (unpaired) electrons. The molecular formula is C17H19N3O3. The highest BCUT2D eigenvalue weighted by atomic mass is 16.4. The van der Waals surface area contributed by atoms with E-state index in [9.17, 15) is 9.59 Å². The van der Waals surface area contributed by atoms with Gasteiger partial charge in [0.25, 0.3) is 5.91 Å². The number of nitrogens with one attached hydrogen (secondary N) is 2. The molecule has 2 N–H and O–H groups in total. The van der Waals surface area contributed by atoms with Crippen LogP contribution in [0.1, 0.15) is 30.3 Å². The van der Waals surface area contributed by atoms with E-state index < -0.39 is 0 Å². The molecule has 0 spiro atoms. The van der Waals surface area contributed by atoms with Crippen LogP contribution in [0, 0.1) is 0 Å². The summed E-state index contributed by atoms with van der Waals surface area (Å²) in [5.41, 5.74) is 1.88. The second kappa shape index (κ2) is 6.56. The summed E-state index contributed by atoms with van der Waals surface area (Å²) in [6.07, 6.45) is 2.46. The van der Waals surface area contributed by atoms with Gasteiger partial charge in [0.1, 0.15) is 0 Å². The van der Waals surface area contributed by atoms with Gasteiger partial charge in [0.15, 0.2) is 11.6 Å². The van der Waals surface area contributed by atoms with Gasteiger partial charge in [-0.05, 0) is 43.2 Å². The zero-order chi connectivity index (χ0) is 16.2. The minimum absolute atomic E-state index is 0.150. The number of carbonyl (C=O) groups is 2. The number of nitrogens with zero attached hydrogens (tertiary/aromatic N) is 1. The lowest BCUT2D eigenvalue weighted by atomic mass is 10.2. The Morgan fingerprint density at radius 1 is 1.00 bits per heavy atom. The normalized spacial score (nSPS) is 13.9. The van der Waals surface area contributed by atoms with Gasteiger partial charge in [-0.2, -0.15) is 0 Å². The lowest BCUT2D eigenvalue weighted by Crippen LogP contribution is -2.17. The van der Waals surface area contributed by atoms with Crippen molar-refractivity contribution >= 4 is 29.1 Å². The Balaban J connectivity index is 1.63. The van der Waals surface area contributed by atoms with Gasteiger partial charge in [0, 0.05) is 37.5 Å². The molecule has 1 aromatic heterocycles. The highest BCUT2D eigenvalue weighted by Gasteiger charge is 2.14. The fourth-order valence-electron chi connectivity index (χ4n) is 2.62. The summed E-state index contributed by atoms with van der Waals surface area (Å²) in [6.45, 7) is 3.55. The summed E-state index contributed by atoms with van der Waals surface area (Å²) in [4.78, 5) is 25.4. The second-order valence-electron chi connectivity index (χ2n) is 5.54. The van der Waals surface area contributed by atoms with E-state index in [1.807, 2.05) is 24.3 Å². The molecule has 2 amide bonds. The van der Waals surface area contributed by atoms with Crippen LogP contribution in [0.3, 0.4) is 0 Å². The molecule has 23 heavy (non-hydrogen) atoms. The molecule has 6 nitrogen and oxygen atoms in total. The highest BCUT2D eigenvalue weighted by molar-refractivity contribution is 6.02. The first-order chi connectivity index (χ1) is 11.1. The Bertz CT molecular complexity index is 700. The number of furan rings is 1. The molecule has 1 aliphatic rings. The van der Waals surface area contributed by atoms with Crippen LogP contribution < -0.4 is 15.5 Å². The zero-order valence-electron chi connectivity index (χ0n) is 13.0. The number of hydrogen-bond acceptors (Lipinski definition) is 4.